The first-order chi connectivity index (χ1) is 30.4. The van der Waals surface area contributed by atoms with Crippen molar-refractivity contribution in [2.24, 2.45) is 0 Å². The van der Waals surface area contributed by atoms with E-state index in [1.807, 2.05) is 24.3 Å². The van der Waals surface area contributed by atoms with E-state index < -0.39 is 0 Å². The number of benzene rings is 8. The van der Waals surface area contributed by atoms with Crippen molar-refractivity contribution in [3.05, 3.63) is 227 Å². The Kier molecular flexibility index (Phi) is 8.57. The third-order valence-electron chi connectivity index (χ3n) is 14.0. The van der Waals surface area contributed by atoms with Crippen LogP contribution in [0.15, 0.2) is 197 Å². The van der Waals surface area contributed by atoms with Crippen LogP contribution in [-0.4, -0.2) is 0 Å². The Bertz CT molecular complexity index is 3420. The summed E-state index contributed by atoms with van der Waals surface area (Å²) in [6.45, 7) is 4.76. The van der Waals surface area contributed by atoms with Crippen LogP contribution in [0.2, 0.25) is 0 Å². The van der Waals surface area contributed by atoms with Crippen LogP contribution in [0.3, 0.4) is 0 Å². The van der Waals surface area contributed by atoms with Crippen LogP contribution in [0.4, 0.5) is 0 Å². The molecule has 12 rings (SSSR count). The quantitative estimate of drug-likeness (QED) is 0.153. The van der Waals surface area contributed by atoms with E-state index in [0.717, 1.165) is 58.8 Å². The SMILES string of the molecule is CC1(C)c2ccccc2-c2ccc(C(CCc3ccc(C4=CC=C(c5ccc6oc7ccccc7c6c5)CC4)cc3)c3ccc(-c4ccc5oc6ccccc6c5c4)cc3)cc21. The minimum atomic E-state index is -0.0475. The first-order valence-corrected chi connectivity index (χ1v) is 22.1. The van der Waals surface area contributed by atoms with Gasteiger partial charge < -0.3 is 8.83 Å². The van der Waals surface area contributed by atoms with E-state index in [-0.39, 0.29) is 11.3 Å². The molecule has 2 heteroatoms. The maximum Gasteiger partial charge on any atom is 0.135 e. The molecule has 2 aliphatic carbocycles. The summed E-state index contributed by atoms with van der Waals surface area (Å²) in [5, 5.41) is 4.68. The third-order valence-corrected chi connectivity index (χ3v) is 14.0. The largest absolute Gasteiger partial charge is 0.456 e. The fraction of sp³-hybridized carbons (Fsp3) is 0.133. The number of aryl methyl sites for hydroxylation is 1. The van der Waals surface area contributed by atoms with Crippen LogP contribution in [0.1, 0.15) is 78.0 Å². The number of rotatable bonds is 8. The van der Waals surface area contributed by atoms with Crippen LogP contribution in [0.25, 0.3) is 77.3 Å². The molecule has 0 aliphatic heterocycles. The summed E-state index contributed by atoms with van der Waals surface area (Å²) in [6.07, 6.45) is 8.70. The fourth-order valence-corrected chi connectivity index (χ4v) is 10.5. The molecule has 0 saturated heterocycles. The summed E-state index contributed by atoms with van der Waals surface area (Å²) in [4.78, 5) is 0. The van der Waals surface area contributed by atoms with Crippen LogP contribution in [0, 0.1) is 0 Å². The molecule has 0 radical (unpaired) electrons. The maximum absolute atomic E-state index is 6.14. The van der Waals surface area contributed by atoms with Crippen molar-refractivity contribution in [2.75, 3.05) is 0 Å². The zero-order chi connectivity index (χ0) is 41.4. The van der Waals surface area contributed by atoms with E-state index in [2.05, 4.69) is 178 Å². The Morgan fingerprint density at radius 2 is 0.968 bits per heavy atom. The Morgan fingerprint density at radius 3 is 1.66 bits per heavy atom. The van der Waals surface area contributed by atoms with Gasteiger partial charge in [-0.3, -0.25) is 0 Å². The van der Waals surface area contributed by atoms with E-state index in [9.17, 15) is 0 Å². The lowest BCUT2D eigenvalue weighted by Gasteiger charge is -2.24. The Hall–Kier alpha value is -7.16. The molecule has 0 fully saturated rings. The number of hydrogen-bond donors (Lipinski definition) is 0. The highest BCUT2D eigenvalue weighted by molar-refractivity contribution is 6.07. The fourth-order valence-electron chi connectivity index (χ4n) is 10.5. The molecule has 1 unspecified atom stereocenters. The van der Waals surface area contributed by atoms with Crippen molar-refractivity contribution >= 4 is 55.0 Å². The Labute approximate surface area is 362 Å². The van der Waals surface area contributed by atoms with E-state index in [1.165, 1.54) is 83.1 Å². The van der Waals surface area contributed by atoms with Crippen molar-refractivity contribution < 1.29 is 8.83 Å². The van der Waals surface area contributed by atoms with Gasteiger partial charge in [0.15, 0.2) is 0 Å². The molecule has 0 amide bonds. The highest BCUT2D eigenvalue weighted by Crippen LogP contribution is 2.50. The minimum Gasteiger partial charge on any atom is -0.456 e. The van der Waals surface area contributed by atoms with Gasteiger partial charge in [-0.25, -0.2) is 0 Å². The van der Waals surface area contributed by atoms with Gasteiger partial charge in [0.2, 0.25) is 0 Å². The highest BCUT2D eigenvalue weighted by Gasteiger charge is 2.35. The molecule has 2 heterocycles. The van der Waals surface area contributed by atoms with Crippen molar-refractivity contribution in [3.8, 4) is 22.3 Å². The van der Waals surface area contributed by atoms with E-state index >= 15 is 0 Å². The summed E-state index contributed by atoms with van der Waals surface area (Å²) in [7, 11) is 0. The smallest absolute Gasteiger partial charge is 0.135 e. The molecule has 1 atom stereocenters. The van der Waals surface area contributed by atoms with E-state index in [4.69, 9.17) is 8.83 Å². The molecule has 62 heavy (non-hydrogen) atoms. The lowest BCUT2D eigenvalue weighted by Crippen LogP contribution is -2.15. The average molecular weight is 799 g/mol. The summed E-state index contributed by atoms with van der Waals surface area (Å²) in [5.74, 6) is 0.248. The molecule has 10 aromatic rings. The average Bonchev–Trinajstić information content (AvgIpc) is 3.96. The summed E-state index contributed by atoms with van der Waals surface area (Å²) in [6, 6.07) is 64.8. The third kappa shape index (κ3) is 6.16. The van der Waals surface area contributed by atoms with E-state index in [1.54, 1.807) is 0 Å². The summed E-state index contributed by atoms with van der Waals surface area (Å²) in [5.41, 5.74) is 21.2. The lowest BCUT2D eigenvalue weighted by atomic mass is 9.79. The van der Waals surface area contributed by atoms with Gasteiger partial charge in [-0.2, -0.15) is 0 Å². The molecular formula is C60H46O2. The predicted octanol–water partition coefficient (Wildman–Crippen LogP) is 16.5. The van der Waals surface area contributed by atoms with Gasteiger partial charge in [-0.15, -0.1) is 0 Å². The number of hydrogen-bond acceptors (Lipinski definition) is 2. The number of furan rings is 2. The van der Waals surface area contributed by atoms with Crippen LogP contribution in [-0.2, 0) is 11.8 Å². The monoisotopic (exact) mass is 798 g/mol. The summed E-state index contributed by atoms with van der Waals surface area (Å²) < 4.78 is 12.2. The number of para-hydroxylation sites is 2. The van der Waals surface area contributed by atoms with Gasteiger partial charge in [-0.05, 0) is 134 Å². The summed E-state index contributed by atoms with van der Waals surface area (Å²) >= 11 is 0. The van der Waals surface area contributed by atoms with Crippen molar-refractivity contribution in [1.29, 1.82) is 0 Å². The minimum absolute atomic E-state index is 0.0475. The normalized spacial score (nSPS) is 14.9. The molecule has 0 spiro atoms. The second kappa shape index (κ2) is 14.5. The first-order valence-electron chi connectivity index (χ1n) is 22.1. The molecule has 2 aromatic heterocycles. The van der Waals surface area contributed by atoms with E-state index in [0.29, 0.717) is 0 Å². The topological polar surface area (TPSA) is 26.3 Å². The number of allylic oxidation sites excluding steroid dienone is 4. The van der Waals surface area contributed by atoms with Gasteiger partial charge in [0.05, 0.1) is 0 Å². The van der Waals surface area contributed by atoms with Crippen molar-refractivity contribution in [3.63, 3.8) is 0 Å². The van der Waals surface area contributed by atoms with Gasteiger partial charge in [0.25, 0.3) is 0 Å². The molecule has 0 bridgehead atoms. The molecule has 0 N–H and O–H groups in total. The number of fused-ring (bicyclic) bond motifs is 9. The van der Waals surface area contributed by atoms with Gasteiger partial charge in [0, 0.05) is 32.9 Å². The molecule has 298 valence electrons. The van der Waals surface area contributed by atoms with Crippen LogP contribution >= 0.6 is 0 Å². The molecule has 0 saturated carbocycles. The van der Waals surface area contributed by atoms with Crippen LogP contribution in [0.5, 0.6) is 0 Å². The molecule has 8 aromatic carbocycles. The van der Waals surface area contributed by atoms with Crippen molar-refractivity contribution in [1.82, 2.24) is 0 Å². The van der Waals surface area contributed by atoms with Gasteiger partial charge in [0.1, 0.15) is 22.3 Å². The highest BCUT2D eigenvalue weighted by atomic mass is 16.3. The van der Waals surface area contributed by atoms with Gasteiger partial charge >= 0.3 is 0 Å². The lowest BCUT2D eigenvalue weighted by molar-refractivity contribution is 0.654. The van der Waals surface area contributed by atoms with Gasteiger partial charge in [-0.1, -0.05) is 166 Å². The second-order valence-corrected chi connectivity index (χ2v) is 17.9. The standard InChI is InChI=1S/C60H46O2/c1-60(2)54-12-6-3-9-48(54)49-32-28-46(37-55(49)60)47(43-26-24-42(25-27-43)45-30-34-59-53(36-45)51-11-5-8-14-57(51)62-59)31-17-38-15-18-39(19-16-38)40-20-22-41(23-21-40)44-29-33-58-52(35-44)50-10-4-7-13-56(50)61-58/h3-16,18-20,22,24-30,32-37,47H,17,21,23,31H2,1-2H3. The van der Waals surface area contributed by atoms with Crippen LogP contribution < -0.4 is 0 Å². The Morgan fingerprint density at radius 1 is 0.435 bits per heavy atom. The molecular weight excluding hydrogens is 753 g/mol. The maximum atomic E-state index is 6.14. The molecule has 2 aliphatic rings. The second-order valence-electron chi connectivity index (χ2n) is 17.9. The molecule has 2 nitrogen and oxygen atoms in total. The predicted molar refractivity (Wildman–Crippen MR) is 259 cm³/mol. The van der Waals surface area contributed by atoms with Crippen molar-refractivity contribution in [2.45, 2.75) is 50.9 Å². The zero-order valence-corrected chi connectivity index (χ0v) is 35.1. The zero-order valence-electron chi connectivity index (χ0n) is 35.1. The first kappa shape index (κ1) is 36.7. The Balaban J connectivity index is 0.822.